The smallest absolute Gasteiger partial charge is 0.0328 e. The van der Waals surface area contributed by atoms with Crippen LogP contribution in [0.3, 0.4) is 0 Å². The van der Waals surface area contributed by atoms with E-state index in [2.05, 4.69) is 75.5 Å². The van der Waals surface area contributed by atoms with Gasteiger partial charge < -0.3 is 5.32 Å². The molecular formula is C20H27N. The monoisotopic (exact) mass is 281 g/mol. The molecule has 0 aliphatic heterocycles. The Bertz CT molecular complexity index is 549. The molecule has 112 valence electrons. The topological polar surface area (TPSA) is 12.0 Å². The van der Waals surface area contributed by atoms with Crippen molar-refractivity contribution >= 4 is 0 Å². The van der Waals surface area contributed by atoms with Gasteiger partial charge in [0.2, 0.25) is 0 Å². The first-order valence-electron chi connectivity index (χ1n) is 7.97. The van der Waals surface area contributed by atoms with E-state index >= 15 is 0 Å². The molecule has 0 saturated carbocycles. The highest BCUT2D eigenvalue weighted by Crippen LogP contribution is 2.27. The Balaban J connectivity index is 2.19. The SMILES string of the molecule is CCNC(CCc1ccccc1)c1c(C)cc(C)cc1C. The van der Waals surface area contributed by atoms with E-state index in [1.165, 1.54) is 27.8 Å². The van der Waals surface area contributed by atoms with Gasteiger partial charge in [-0.3, -0.25) is 0 Å². The van der Waals surface area contributed by atoms with E-state index in [-0.39, 0.29) is 0 Å². The molecule has 2 aromatic rings. The van der Waals surface area contributed by atoms with Gasteiger partial charge in [-0.25, -0.2) is 0 Å². The minimum Gasteiger partial charge on any atom is -0.310 e. The van der Waals surface area contributed by atoms with Gasteiger partial charge in [0.1, 0.15) is 0 Å². The molecule has 1 heteroatoms. The summed E-state index contributed by atoms with van der Waals surface area (Å²) in [5.41, 5.74) is 7.08. The predicted molar refractivity (Wildman–Crippen MR) is 91.8 cm³/mol. The molecule has 0 amide bonds. The molecule has 0 aromatic heterocycles. The van der Waals surface area contributed by atoms with Crippen LogP contribution in [0.5, 0.6) is 0 Å². The first-order chi connectivity index (χ1) is 10.1. The van der Waals surface area contributed by atoms with E-state index in [1.54, 1.807) is 0 Å². The van der Waals surface area contributed by atoms with Gasteiger partial charge >= 0.3 is 0 Å². The van der Waals surface area contributed by atoms with Gasteiger partial charge in [0.05, 0.1) is 0 Å². The van der Waals surface area contributed by atoms with Gasteiger partial charge in [-0.2, -0.15) is 0 Å². The Morgan fingerprint density at radius 3 is 2.14 bits per heavy atom. The zero-order chi connectivity index (χ0) is 15.2. The molecule has 1 N–H and O–H groups in total. The number of nitrogens with one attached hydrogen (secondary N) is 1. The van der Waals surface area contributed by atoms with Crippen molar-refractivity contribution in [1.29, 1.82) is 0 Å². The Hall–Kier alpha value is -1.60. The summed E-state index contributed by atoms with van der Waals surface area (Å²) in [6.45, 7) is 9.85. The Morgan fingerprint density at radius 1 is 0.952 bits per heavy atom. The van der Waals surface area contributed by atoms with E-state index in [1.807, 2.05) is 0 Å². The average Bonchev–Trinajstić information content (AvgIpc) is 2.45. The van der Waals surface area contributed by atoms with E-state index < -0.39 is 0 Å². The van der Waals surface area contributed by atoms with Crippen molar-refractivity contribution < 1.29 is 0 Å². The highest BCUT2D eigenvalue weighted by molar-refractivity contribution is 5.39. The van der Waals surface area contributed by atoms with E-state index in [4.69, 9.17) is 0 Å². The summed E-state index contributed by atoms with van der Waals surface area (Å²) < 4.78 is 0. The fourth-order valence-electron chi connectivity index (χ4n) is 3.29. The fourth-order valence-corrected chi connectivity index (χ4v) is 3.29. The van der Waals surface area contributed by atoms with Crippen LogP contribution in [0, 0.1) is 20.8 Å². The largest absolute Gasteiger partial charge is 0.310 e. The molecule has 0 aliphatic carbocycles. The second kappa shape index (κ2) is 7.42. The minimum atomic E-state index is 0.441. The van der Waals surface area contributed by atoms with Gasteiger partial charge in [0.15, 0.2) is 0 Å². The van der Waals surface area contributed by atoms with E-state index in [0.29, 0.717) is 6.04 Å². The predicted octanol–water partition coefficient (Wildman–Crippen LogP) is 4.90. The van der Waals surface area contributed by atoms with Gasteiger partial charge in [0, 0.05) is 6.04 Å². The number of hydrogen-bond acceptors (Lipinski definition) is 1. The van der Waals surface area contributed by atoms with Gasteiger partial charge in [-0.15, -0.1) is 0 Å². The molecule has 2 aromatic carbocycles. The molecule has 0 saturated heterocycles. The maximum Gasteiger partial charge on any atom is 0.0328 e. The number of rotatable bonds is 6. The van der Waals surface area contributed by atoms with Crippen molar-refractivity contribution in [3.63, 3.8) is 0 Å². The standard InChI is InChI=1S/C20H27N/c1-5-21-19(12-11-18-9-7-6-8-10-18)20-16(3)13-15(2)14-17(20)4/h6-10,13-14,19,21H,5,11-12H2,1-4H3. The molecule has 1 unspecified atom stereocenters. The lowest BCUT2D eigenvalue weighted by molar-refractivity contribution is 0.511. The van der Waals surface area contributed by atoms with Crippen LogP contribution in [-0.4, -0.2) is 6.54 Å². The molecule has 21 heavy (non-hydrogen) atoms. The molecule has 0 radical (unpaired) electrons. The lowest BCUT2D eigenvalue weighted by Gasteiger charge is -2.23. The quantitative estimate of drug-likeness (QED) is 0.794. The van der Waals surface area contributed by atoms with Crippen LogP contribution in [0.15, 0.2) is 42.5 Å². The Labute approximate surface area is 129 Å². The van der Waals surface area contributed by atoms with Crippen LogP contribution in [0.2, 0.25) is 0 Å². The fraction of sp³-hybridized carbons (Fsp3) is 0.400. The van der Waals surface area contributed by atoms with Crippen LogP contribution >= 0.6 is 0 Å². The molecule has 0 bridgehead atoms. The third-order valence-electron chi connectivity index (χ3n) is 4.10. The number of hydrogen-bond donors (Lipinski definition) is 1. The van der Waals surface area contributed by atoms with E-state index in [9.17, 15) is 0 Å². The van der Waals surface area contributed by atoms with Crippen molar-refractivity contribution in [2.24, 2.45) is 0 Å². The van der Waals surface area contributed by atoms with Crippen LogP contribution in [0.25, 0.3) is 0 Å². The second-order valence-electron chi connectivity index (χ2n) is 5.95. The lowest BCUT2D eigenvalue weighted by atomic mass is 9.90. The third-order valence-corrected chi connectivity index (χ3v) is 4.10. The first-order valence-corrected chi connectivity index (χ1v) is 7.97. The van der Waals surface area contributed by atoms with Crippen molar-refractivity contribution in [1.82, 2.24) is 5.32 Å². The Kier molecular flexibility index (Phi) is 5.58. The molecule has 2 rings (SSSR count). The molecule has 0 heterocycles. The van der Waals surface area contributed by atoms with Crippen molar-refractivity contribution in [2.45, 2.75) is 46.6 Å². The highest BCUT2D eigenvalue weighted by atomic mass is 14.9. The molecule has 1 nitrogen and oxygen atoms in total. The van der Waals surface area contributed by atoms with Gasteiger partial charge in [-0.05, 0) is 62.4 Å². The summed E-state index contributed by atoms with van der Waals surface area (Å²) >= 11 is 0. The highest BCUT2D eigenvalue weighted by Gasteiger charge is 2.15. The van der Waals surface area contributed by atoms with Gasteiger partial charge in [0.25, 0.3) is 0 Å². The zero-order valence-electron chi connectivity index (χ0n) is 13.7. The normalized spacial score (nSPS) is 12.4. The molecule has 0 aliphatic rings. The summed E-state index contributed by atoms with van der Waals surface area (Å²) in [5, 5.41) is 3.67. The summed E-state index contributed by atoms with van der Waals surface area (Å²) in [6.07, 6.45) is 2.26. The van der Waals surface area contributed by atoms with Crippen molar-refractivity contribution in [3.8, 4) is 0 Å². The van der Waals surface area contributed by atoms with Crippen molar-refractivity contribution in [3.05, 3.63) is 70.3 Å². The van der Waals surface area contributed by atoms with Crippen LogP contribution in [-0.2, 0) is 6.42 Å². The van der Waals surface area contributed by atoms with Crippen LogP contribution in [0.1, 0.15) is 47.2 Å². The van der Waals surface area contributed by atoms with Crippen LogP contribution < -0.4 is 5.32 Å². The summed E-state index contributed by atoms with van der Waals surface area (Å²) in [4.78, 5) is 0. The Morgan fingerprint density at radius 2 is 1.57 bits per heavy atom. The number of benzene rings is 2. The molecular weight excluding hydrogens is 254 g/mol. The zero-order valence-corrected chi connectivity index (χ0v) is 13.7. The minimum absolute atomic E-state index is 0.441. The summed E-state index contributed by atoms with van der Waals surface area (Å²) in [7, 11) is 0. The second-order valence-corrected chi connectivity index (χ2v) is 5.95. The van der Waals surface area contributed by atoms with E-state index in [0.717, 1.165) is 19.4 Å². The van der Waals surface area contributed by atoms with Crippen molar-refractivity contribution in [2.75, 3.05) is 6.54 Å². The average molecular weight is 281 g/mol. The maximum atomic E-state index is 3.67. The first kappa shape index (κ1) is 15.8. The number of aryl methyl sites for hydroxylation is 4. The molecule has 0 fully saturated rings. The summed E-state index contributed by atoms with van der Waals surface area (Å²) in [5.74, 6) is 0. The third kappa shape index (κ3) is 4.18. The van der Waals surface area contributed by atoms with Gasteiger partial charge in [-0.1, -0.05) is 55.0 Å². The van der Waals surface area contributed by atoms with Crippen LogP contribution in [0.4, 0.5) is 0 Å². The lowest BCUT2D eigenvalue weighted by Crippen LogP contribution is -2.23. The molecule has 0 spiro atoms. The summed E-state index contributed by atoms with van der Waals surface area (Å²) in [6, 6.07) is 15.8. The maximum absolute atomic E-state index is 3.67. The molecule has 1 atom stereocenters.